The predicted molar refractivity (Wildman–Crippen MR) is 130 cm³/mol. The monoisotopic (exact) mass is 504 g/mol. The fourth-order valence-corrected chi connectivity index (χ4v) is 5.45. The average Bonchev–Trinajstić information content (AvgIpc) is 3.24. The lowest BCUT2D eigenvalue weighted by Gasteiger charge is -2.34. The lowest BCUT2D eigenvalue weighted by molar-refractivity contribution is 0.164. The normalized spacial score (nSPS) is 19.7. The number of likely N-dealkylation sites (tertiary alicyclic amines) is 1. The van der Waals surface area contributed by atoms with Gasteiger partial charge in [-0.3, -0.25) is 9.78 Å². The molecule has 2 aromatic heterocycles. The van der Waals surface area contributed by atoms with Crippen LogP contribution in [0.2, 0.25) is 0 Å². The van der Waals surface area contributed by atoms with E-state index in [2.05, 4.69) is 15.2 Å². The Hall–Kier alpha value is -2.75. The Morgan fingerprint density at radius 2 is 1.89 bits per heavy atom. The SMILES string of the molecule is Cl.O=c1ccc2ncc(F)c3c2n1C[C@H]3CN1CCC(NCc2cc(F)c3c(c2)OCCO3)CC1. The first-order chi connectivity index (χ1) is 16.6. The fourth-order valence-electron chi connectivity index (χ4n) is 5.45. The summed E-state index contributed by atoms with van der Waals surface area (Å²) in [7, 11) is 0. The third-order valence-electron chi connectivity index (χ3n) is 7.12. The van der Waals surface area contributed by atoms with E-state index in [4.69, 9.17) is 9.47 Å². The van der Waals surface area contributed by atoms with Crippen LogP contribution in [0.3, 0.4) is 0 Å². The minimum absolute atomic E-state index is 0. The van der Waals surface area contributed by atoms with Gasteiger partial charge in [-0.25, -0.2) is 8.78 Å². The summed E-state index contributed by atoms with van der Waals surface area (Å²) in [4.78, 5) is 18.8. The molecule has 0 amide bonds. The molecular weight excluding hydrogens is 478 g/mol. The maximum atomic E-state index is 14.7. The van der Waals surface area contributed by atoms with Gasteiger partial charge in [0.1, 0.15) is 19.0 Å². The molecule has 0 unspecified atom stereocenters. The summed E-state index contributed by atoms with van der Waals surface area (Å²) in [5, 5.41) is 3.53. The van der Waals surface area contributed by atoms with Crippen LogP contribution in [-0.4, -0.2) is 53.3 Å². The number of aromatic nitrogens is 2. The Labute approximate surface area is 207 Å². The first kappa shape index (κ1) is 24.0. The zero-order valence-corrected chi connectivity index (χ0v) is 20.0. The van der Waals surface area contributed by atoms with Crippen LogP contribution in [0.15, 0.2) is 35.3 Å². The summed E-state index contributed by atoms with van der Waals surface area (Å²) in [5.74, 6) is -0.129. The van der Waals surface area contributed by atoms with Crippen molar-refractivity contribution in [3.63, 3.8) is 0 Å². The molecule has 5 heterocycles. The number of hydrogen-bond donors (Lipinski definition) is 1. The molecule has 3 aromatic rings. The second-order valence-corrected chi connectivity index (χ2v) is 9.29. The second kappa shape index (κ2) is 9.72. The van der Waals surface area contributed by atoms with Gasteiger partial charge < -0.3 is 24.3 Å². The van der Waals surface area contributed by atoms with E-state index in [-0.39, 0.29) is 35.5 Å². The van der Waals surface area contributed by atoms with Crippen molar-refractivity contribution in [2.24, 2.45) is 0 Å². The molecule has 0 aliphatic carbocycles. The lowest BCUT2D eigenvalue weighted by Crippen LogP contribution is -2.43. The summed E-state index contributed by atoms with van der Waals surface area (Å²) < 4.78 is 41.5. The van der Waals surface area contributed by atoms with Gasteiger partial charge in [0, 0.05) is 43.2 Å². The molecule has 0 spiro atoms. The van der Waals surface area contributed by atoms with Crippen LogP contribution in [0.1, 0.15) is 29.9 Å². The van der Waals surface area contributed by atoms with Crippen LogP contribution >= 0.6 is 12.4 Å². The Kier molecular flexibility index (Phi) is 6.65. The number of piperidine rings is 1. The molecule has 0 radical (unpaired) electrons. The zero-order chi connectivity index (χ0) is 23.2. The highest BCUT2D eigenvalue weighted by molar-refractivity contribution is 5.85. The Bertz CT molecular complexity index is 1310. The Morgan fingerprint density at radius 1 is 1.09 bits per heavy atom. The second-order valence-electron chi connectivity index (χ2n) is 9.29. The molecule has 1 fully saturated rings. The lowest BCUT2D eigenvalue weighted by atomic mass is 9.98. The van der Waals surface area contributed by atoms with Gasteiger partial charge in [-0.05, 0) is 49.7 Å². The van der Waals surface area contributed by atoms with Gasteiger partial charge in [0.2, 0.25) is 0 Å². The Morgan fingerprint density at radius 3 is 2.71 bits per heavy atom. The molecule has 0 bridgehead atoms. The smallest absolute Gasteiger partial charge is 0.251 e. The molecule has 6 rings (SSSR count). The van der Waals surface area contributed by atoms with Gasteiger partial charge in [0.05, 0.1) is 17.2 Å². The third kappa shape index (κ3) is 4.48. The number of benzene rings is 1. The van der Waals surface area contributed by atoms with Gasteiger partial charge >= 0.3 is 0 Å². The van der Waals surface area contributed by atoms with Crippen molar-refractivity contribution in [2.75, 3.05) is 32.8 Å². The highest BCUT2D eigenvalue weighted by atomic mass is 35.5. The van der Waals surface area contributed by atoms with Gasteiger partial charge in [-0.15, -0.1) is 12.4 Å². The van der Waals surface area contributed by atoms with Crippen LogP contribution in [0, 0.1) is 11.6 Å². The predicted octanol–water partition coefficient (Wildman–Crippen LogP) is 3.22. The quantitative estimate of drug-likeness (QED) is 0.575. The molecule has 35 heavy (non-hydrogen) atoms. The molecular formula is C25H27ClF2N4O3. The third-order valence-corrected chi connectivity index (χ3v) is 7.12. The van der Waals surface area contributed by atoms with Crippen molar-refractivity contribution in [3.8, 4) is 11.5 Å². The van der Waals surface area contributed by atoms with Crippen molar-refractivity contribution < 1.29 is 18.3 Å². The highest BCUT2D eigenvalue weighted by Crippen LogP contribution is 2.35. The summed E-state index contributed by atoms with van der Waals surface area (Å²) >= 11 is 0. The van der Waals surface area contributed by atoms with E-state index < -0.39 is 5.82 Å². The summed E-state index contributed by atoms with van der Waals surface area (Å²) in [5.41, 5.74) is 2.64. The number of fused-ring (bicyclic) bond motifs is 1. The van der Waals surface area contributed by atoms with E-state index >= 15 is 0 Å². The van der Waals surface area contributed by atoms with Crippen LogP contribution in [0.4, 0.5) is 8.78 Å². The number of rotatable bonds is 5. The average molecular weight is 505 g/mol. The van der Waals surface area contributed by atoms with Crippen molar-refractivity contribution in [3.05, 3.63) is 63.6 Å². The van der Waals surface area contributed by atoms with Crippen LogP contribution < -0.4 is 20.3 Å². The molecule has 0 saturated carbocycles. The van der Waals surface area contributed by atoms with Gasteiger partial charge in [-0.1, -0.05) is 0 Å². The van der Waals surface area contributed by atoms with E-state index in [0.29, 0.717) is 61.2 Å². The molecule has 186 valence electrons. The molecule has 3 aliphatic heterocycles. The van der Waals surface area contributed by atoms with E-state index in [1.165, 1.54) is 18.3 Å². The largest absolute Gasteiger partial charge is 0.486 e. The molecule has 10 heteroatoms. The molecule has 1 atom stereocenters. The number of pyridine rings is 2. The number of nitrogens with one attached hydrogen (secondary N) is 1. The van der Waals surface area contributed by atoms with Crippen LogP contribution in [0.25, 0.3) is 11.0 Å². The van der Waals surface area contributed by atoms with E-state index in [9.17, 15) is 13.6 Å². The molecule has 3 aliphatic rings. The summed E-state index contributed by atoms with van der Waals surface area (Å²) in [6, 6.07) is 6.83. The Balaban J connectivity index is 0.00000253. The van der Waals surface area contributed by atoms with Crippen molar-refractivity contribution in [2.45, 2.75) is 37.9 Å². The number of hydrogen-bond acceptors (Lipinski definition) is 6. The number of nitrogens with zero attached hydrogens (tertiary/aromatic N) is 3. The maximum Gasteiger partial charge on any atom is 0.251 e. The highest BCUT2D eigenvalue weighted by Gasteiger charge is 2.31. The first-order valence-electron chi connectivity index (χ1n) is 11.8. The van der Waals surface area contributed by atoms with E-state index in [1.54, 1.807) is 10.6 Å². The molecule has 1 aromatic carbocycles. The topological polar surface area (TPSA) is 68.6 Å². The van der Waals surface area contributed by atoms with E-state index in [1.807, 2.05) is 6.07 Å². The minimum Gasteiger partial charge on any atom is -0.486 e. The summed E-state index contributed by atoms with van der Waals surface area (Å²) in [6.45, 7) is 4.30. The van der Waals surface area contributed by atoms with Gasteiger partial charge in [-0.2, -0.15) is 0 Å². The zero-order valence-electron chi connectivity index (χ0n) is 19.1. The van der Waals surface area contributed by atoms with E-state index in [0.717, 1.165) is 31.5 Å². The van der Waals surface area contributed by atoms with Crippen molar-refractivity contribution in [1.82, 2.24) is 19.8 Å². The van der Waals surface area contributed by atoms with Gasteiger partial charge in [0.15, 0.2) is 17.3 Å². The van der Waals surface area contributed by atoms with Crippen LogP contribution in [0.5, 0.6) is 11.5 Å². The van der Waals surface area contributed by atoms with Crippen molar-refractivity contribution in [1.29, 1.82) is 0 Å². The minimum atomic E-state index is -0.391. The standard InChI is InChI=1S/C25H26F2N4O3.ClH/c26-18-9-15(10-21-25(18)34-8-7-33-21)11-28-17-3-5-30(6-4-17)13-16-14-31-22(32)2-1-20-24(31)23(16)19(27)12-29-20;/h1-2,9-10,12,16-17,28H,3-8,11,13-14H2;1H/t16-;/m1./s1. The van der Waals surface area contributed by atoms with Crippen molar-refractivity contribution >= 4 is 23.4 Å². The molecule has 1 saturated heterocycles. The first-order valence-corrected chi connectivity index (χ1v) is 11.8. The molecule has 1 N–H and O–H groups in total. The van der Waals surface area contributed by atoms with Crippen LogP contribution in [-0.2, 0) is 13.1 Å². The summed E-state index contributed by atoms with van der Waals surface area (Å²) in [6.07, 6.45) is 3.16. The number of ether oxygens (including phenoxy) is 2. The maximum absolute atomic E-state index is 14.7. The fraction of sp³-hybridized carbons (Fsp3) is 0.440. The molecule has 7 nitrogen and oxygen atoms in total. The van der Waals surface area contributed by atoms with Gasteiger partial charge in [0.25, 0.3) is 5.56 Å². The number of halogens is 3.